The maximum Gasteiger partial charge on any atom is 0.408 e. The molecule has 0 bridgehead atoms. The number of rotatable bonds is 8. The summed E-state index contributed by atoms with van der Waals surface area (Å²) >= 11 is 6.01. The Morgan fingerprint density at radius 1 is 1.19 bits per heavy atom. The minimum atomic E-state index is -1.21. The Morgan fingerprint density at radius 2 is 1.90 bits per heavy atom. The number of alkyl carbamates (subject to hydrolysis) is 1. The van der Waals surface area contributed by atoms with E-state index in [2.05, 4.69) is 5.32 Å². The third-order valence-electron chi connectivity index (χ3n) is 4.09. The van der Waals surface area contributed by atoms with Gasteiger partial charge in [-0.3, -0.25) is 0 Å². The molecule has 0 saturated carbocycles. The fourth-order valence-corrected chi connectivity index (χ4v) is 2.88. The number of carboxylic acid groups (broad SMARTS) is 1. The van der Waals surface area contributed by atoms with Gasteiger partial charge in [0, 0.05) is 12.0 Å². The minimum absolute atomic E-state index is 0.00957. The molecule has 7 nitrogen and oxygen atoms in total. The van der Waals surface area contributed by atoms with E-state index >= 15 is 0 Å². The molecule has 2 aromatic rings. The van der Waals surface area contributed by atoms with Gasteiger partial charge in [0.15, 0.2) is 11.5 Å². The molecule has 9 heteroatoms. The first-order chi connectivity index (χ1) is 14.5. The van der Waals surface area contributed by atoms with Crippen LogP contribution in [-0.2, 0) is 22.6 Å². The molecule has 31 heavy (non-hydrogen) atoms. The predicted octanol–water partition coefficient (Wildman–Crippen LogP) is 4.59. The number of carbonyl (C=O) groups excluding carboxylic acids is 1. The van der Waals surface area contributed by atoms with Crippen LogP contribution in [0.15, 0.2) is 36.4 Å². The molecule has 0 aliphatic heterocycles. The van der Waals surface area contributed by atoms with Crippen LogP contribution in [-0.4, -0.2) is 35.9 Å². The molecule has 1 atom stereocenters. The molecule has 1 amide bonds. The third kappa shape index (κ3) is 7.32. The molecule has 2 rings (SSSR count). The van der Waals surface area contributed by atoms with Gasteiger partial charge in [0.2, 0.25) is 0 Å². The van der Waals surface area contributed by atoms with E-state index < -0.39 is 29.5 Å². The summed E-state index contributed by atoms with van der Waals surface area (Å²) in [5.41, 5.74) is 0.0376. The molecular weight excluding hydrogens is 429 g/mol. The summed E-state index contributed by atoms with van der Waals surface area (Å²) in [6.45, 7) is 4.93. The predicted molar refractivity (Wildman–Crippen MR) is 113 cm³/mol. The Morgan fingerprint density at radius 3 is 2.48 bits per heavy atom. The van der Waals surface area contributed by atoms with E-state index in [1.807, 2.05) is 0 Å². The number of nitrogens with one attached hydrogen (secondary N) is 1. The van der Waals surface area contributed by atoms with Crippen molar-refractivity contribution in [2.45, 2.75) is 45.4 Å². The van der Waals surface area contributed by atoms with Crippen molar-refractivity contribution in [1.82, 2.24) is 5.32 Å². The van der Waals surface area contributed by atoms with Gasteiger partial charge in [-0.1, -0.05) is 23.7 Å². The fourth-order valence-electron chi connectivity index (χ4n) is 2.66. The van der Waals surface area contributed by atoms with Gasteiger partial charge >= 0.3 is 12.1 Å². The fraction of sp³-hybridized carbons (Fsp3) is 0.364. The zero-order chi connectivity index (χ0) is 23.2. The lowest BCUT2D eigenvalue weighted by Gasteiger charge is -2.22. The number of aliphatic carboxylic acids is 1. The van der Waals surface area contributed by atoms with Gasteiger partial charge < -0.3 is 24.6 Å². The highest BCUT2D eigenvalue weighted by Gasteiger charge is 2.24. The van der Waals surface area contributed by atoms with Crippen molar-refractivity contribution >= 4 is 23.7 Å². The highest BCUT2D eigenvalue weighted by atomic mass is 35.5. The van der Waals surface area contributed by atoms with E-state index in [9.17, 15) is 19.1 Å². The van der Waals surface area contributed by atoms with Crippen LogP contribution in [0.2, 0.25) is 5.02 Å². The van der Waals surface area contributed by atoms with Gasteiger partial charge in [-0.15, -0.1) is 0 Å². The zero-order valence-corrected chi connectivity index (χ0v) is 18.5. The second-order valence-electron chi connectivity index (χ2n) is 7.72. The van der Waals surface area contributed by atoms with Crippen LogP contribution in [0.25, 0.3) is 0 Å². The quantitative estimate of drug-likeness (QED) is 0.607. The highest BCUT2D eigenvalue weighted by Crippen LogP contribution is 2.30. The summed E-state index contributed by atoms with van der Waals surface area (Å²) in [7, 11) is 1.43. The summed E-state index contributed by atoms with van der Waals surface area (Å²) < 4.78 is 30.0. The largest absolute Gasteiger partial charge is 0.493 e. The number of ether oxygens (including phenoxy) is 3. The van der Waals surface area contributed by atoms with Crippen molar-refractivity contribution < 1.29 is 33.3 Å². The summed E-state index contributed by atoms with van der Waals surface area (Å²) in [4.78, 5) is 23.5. The summed E-state index contributed by atoms with van der Waals surface area (Å²) in [5, 5.41) is 12.0. The Hall–Kier alpha value is -3.00. The van der Waals surface area contributed by atoms with E-state index in [4.69, 9.17) is 25.8 Å². The van der Waals surface area contributed by atoms with E-state index in [0.29, 0.717) is 17.1 Å². The Balaban J connectivity index is 2.12. The number of hydrogen-bond acceptors (Lipinski definition) is 5. The molecule has 1 unspecified atom stereocenters. The van der Waals surface area contributed by atoms with Crippen molar-refractivity contribution in [2.24, 2.45) is 0 Å². The average Bonchev–Trinajstić information content (AvgIpc) is 2.66. The van der Waals surface area contributed by atoms with Crippen molar-refractivity contribution in [3.8, 4) is 11.5 Å². The molecule has 0 radical (unpaired) electrons. The third-order valence-corrected chi connectivity index (χ3v) is 4.44. The Labute approximate surface area is 185 Å². The number of hydrogen-bond donors (Lipinski definition) is 2. The van der Waals surface area contributed by atoms with Crippen molar-refractivity contribution in [1.29, 1.82) is 0 Å². The lowest BCUT2D eigenvalue weighted by atomic mass is 10.1. The summed E-state index contributed by atoms with van der Waals surface area (Å²) in [6, 6.07) is 7.94. The number of amides is 1. The molecule has 0 aliphatic rings. The number of benzene rings is 2. The standard InChI is InChI=1S/C22H25ClFNO6/c1-22(2,3)31-21(28)25-17(20(26)27)10-13-8-9-18(19(11-13)29-4)30-12-14-15(23)6-5-7-16(14)24/h5-9,11,17H,10,12H2,1-4H3,(H,25,28)(H,26,27). The topological polar surface area (TPSA) is 94.1 Å². The van der Waals surface area contributed by atoms with E-state index in [-0.39, 0.29) is 23.6 Å². The number of carboxylic acids is 1. The molecular formula is C22H25ClFNO6. The highest BCUT2D eigenvalue weighted by molar-refractivity contribution is 6.31. The first-order valence-electron chi connectivity index (χ1n) is 9.45. The molecule has 0 aromatic heterocycles. The number of methoxy groups -OCH3 is 1. The van der Waals surface area contributed by atoms with Gasteiger partial charge in [0.05, 0.1) is 12.1 Å². The second-order valence-corrected chi connectivity index (χ2v) is 8.12. The maximum absolute atomic E-state index is 13.9. The van der Waals surface area contributed by atoms with E-state index in [1.54, 1.807) is 45.0 Å². The van der Waals surface area contributed by atoms with Crippen LogP contribution in [0.5, 0.6) is 11.5 Å². The lowest BCUT2D eigenvalue weighted by Crippen LogP contribution is -2.44. The van der Waals surface area contributed by atoms with Gasteiger partial charge in [-0.2, -0.15) is 0 Å². The smallest absolute Gasteiger partial charge is 0.408 e. The molecule has 2 N–H and O–H groups in total. The first kappa shape index (κ1) is 24.3. The summed E-state index contributed by atoms with van der Waals surface area (Å²) in [6.07, 6.45) is -0.835. The van der Waals surface area contributed by atoms with Crippen LogP contribution >= 0.6 is 11.6 Å². The van der Waals surface area contributed by atoms with Gasteiger partial charge in [-0.05, 0) is 50.6 Å². The first-order valence-corrected chi connectivity index (χ1v) is 9.83. The van der Waals surface area contributed by atoms with E-state index in [0.717, 1.165) is 0 Å². The SMILES string of the molecule is COc1cc(CC(NC(=O)OC(C)(C)C)C(=O)O)ccc1OCc1c(F)cccc1Cl. The monoisotopic (exact) mass is 453 g/mol. The van der Waals surface area contributed by atoms with Crippen molar-refractivity contribution in [3.05, 3.63) is 58.4 Å². The molecule has 2 aromatic carbocycles. The molecule has 168 valence electrons. The van der Waals surface area contributed by atoms with Gasteiger partial charge in [0.25, 0.3) is 0 Å². The van der Waals surface area contributed by atoms with Crippen LogP contribution < -0.4 is 14.8 Å². The molecule has 0 aliphatic carbocycles. The number of halogens is 2. The molecule has 0 saturated heterocycles. The minimum Gasteiger partial charge on any atom is -0.493 e. The molecule has 0 spiro atoms. The van der Waals surface area contributed by atoms with Gasteiger partial charge in [0.1, 0.15) is 24.1 Å². The average molecular weight is 454 g/mol. The second kappa shape index (κ2) is 10.3. The van der Waals surface area contributed by atoms with Crippen LogP contribution in [0.4, 0.5) is 9.18 Å². The van der Waals surface area contributed by atoms with Crippen molar-refractivity contribution in [3.63, 3.8) is 0 Å². The zero-order valence-electron chi connectivity index (χ0n) is 17.7. The van der Waals surface area contributed by atoms with Crippen LogP contribution in [0.1, 0.15) is 31.9 Å². The van der Waals surface area contributed by atoms with Crippen molar-refractivity contribution in [2.75, 3.05) is 7.11 Å². The molecule has 0 heterocycles. The molecule has 0 fully saturated rings. The normalized spacial score (nSPS) is 12.1. The summed E-state index contributed by atoms with van der Waals surface area (Å²) in [5.74, 6) is -1.04. The Bertz CT molecular complexity index is 924. The number of carbonyl (C=O) groups is 2. The van der Waals surface area contributed by atoms with Crippen LogP contribution in [0.3, 0.4) is 0 Å². The Kier molecular flexibility index (Phi) is 8.10. The van der Waals surface area contributed by atoms with Gasteiger partial charge in [-0.25, -0.2) is 14.0 Å². The van der Waals surface area contributed by atoms with Crippen LogP contribution in [0, 0.1) is 5.82 Å². The maximum atomic E-state index is 13.9. The van der Waals surface area contributed by atoms with E-state index in [1.165, 1.54) is 19.2 Å². The lowest BCUT2D eigenvalue weighted by molar-refractivity contribution is -0.139.